The Morgan fingerprint density at radius 1 is 1.62 bits per heavy atom. The first-order valence-corrected chi connectivity index (χ1v) is 6.91. The SMILES string of the molecule is CCC1CCCC(C(NN)c2csnn2)C1. The van der Waals surface area contributed by atoms with E-state index in [1.807, 2.05) is 5.38 Å². The molecule has 1 heterocycles. The summed E-state index contributed by atoms with van der Waals surface area (Å²) in [6.07, 6.45) is 6.49. The lowest BCUT2D eigenvalue weighted by Crippen LogP contribution is -2.36. The van der Waals surface area contributed by atoms with Crippen LogP contribution < -0.4 is 11.3 Å². The average molecular weight is 240 g/mol. The zero-order valence-corrected chi connectivity index (χ0v) is 10.5. The van der Waals surface area contributed by atoms with E-state index < -0.39 is 0 Å². The fraction of sp³-hybridized carbons (Fsp3) is 0.818. The molecule has 0 saturated heterocycles. The quantitative estimate of drug-likeness (QED) is 0.626. The molecule has 1 saturated carbocycles. The van der Waals surface area contributed by atoms with Crippen LogP contribution in [0.3, 0.4) is 0 Å². The number of rotatable bonds is 4. The first-order chi connectivity index (χ1) is 7.85. The van der Waals surface area contributed by atoms with Crippen LogP contribution in [0.5, 0.6) is 0 Å². The molecule has 0 aliphatic heterocycles. The van der Waals surface area contributed by atoms with Crippen molar-refractivity contribution in [3.63, 3.8) is 0 Å². The van der Waals surface area contributed by atoms with Gasteiger partial charge in [-0.05, 0) is 36.2 Å². The summed E-state index contributed by atoms with van der Waals surface area (Å²) in [5.41, 5.74) is 3.93. The molecule has 90 valence electrons. The van der Waals surface area contributed by atoms with Crippen LogP contribution in [0.2, 0.25) is 0 Å². The molecule has 1 aliphatic rings. The van der Waals surface area contributed by atoms with Gasteiger partial charge in [0.1, 0.15) is 0 Å². The van der Waals surface area contributed by atoms with Gasteiger partial charge in [-0.2, -0.15) is 0 Å². The average Bonchev–Trinajstić information content (AvgIpc) is 2.84. The van der Waals surface area contributed by atoms with E-state index in [4.69, 9.17) is 5.84 Å². The first-order valence-electron chi connectivity index (χ1n) is 6.08. The van der Waals surface area contributed by atoms with Crippen LogP contribution in [-0.4, -0.2) is 9.59 Å². The van der Waals surface area contributed by atoms with Gasteiger partial charge in [0.15, 0.2) is 0 Å². The number of nitrogens with two attached hydrogens (primary N) is 1. The number of hydrazine groups is 1. The molecule has 1 aromatic rings. The Morgan fingerprint density at radius 3 is 3.12 bits per heavy atom. The van der Waals surface area contributed by atoms with Crippen LogP contribution in [0.1, 0.15) is 50.8 Å². The Labute approximate surface area is 101 Å². The summed E-state index contributed by atoms with van der Waals surface area (Å²) in [6, 6.07) is 0.188. The Bertz CT molecular complexity index is 301. The van der Waals surface area contributed by atoms with Gasteiger partial charge in [0.25, 0.3) is 0 Å². The van der Waals surface area contributed by atoms with Crippen LogP contribution >= 0.6 is 11.5 Å². The summed E-state index contributed by atoms with van der Waals surface area (Å²) >= 11 is 1.40. The molecule has 0 spiro atoms. The largest absolute Gasteiger partial charge is 0.271 e. The lowest BCUT2D eigenvalue weighted by Gasteiger charge is -2.33. The molecule has 4 nitrogen and oxygen atoms in total. The molecule has 1 aromatic heterocycles. The van der Waals surface area contributed by atoms with Crippen LogP contribution in [-0.2, 0) is 0 Å². The molecule has 0 amide bonds. The number of nitrogens with one attached hydrogen (secondary N) is 1. The molecule has 5 heteroatoms. The van der Waals surface area contributed by atoms with E-state index in [1.54, 1.807) is 0 Å². The Balaban J connectivity index is 2.03. The summed E-state index contributed by atoms with van der Waals surface area (Å²) in [4.78, 5) is 0. The van der Waals surface area contributed by atoms with Crippen molar-refractivity contribution in [3.05, 3.63) is 11.1 Å². The van der Waals surface area contributed by atoms with Gasteiger partial charge in [-0.1, -0.05) is 30.7 Å². The summed E-state index contributed by atoms with van der Waals surface area (Å²) in [7, 11) is 0. The van der Waals surface area contributed by atoms with E-state index in [-0.39, 0.29) is 6.04 Å². The van der Waals surface area contributed by atoms with Gasteiger partial charge in [0.05, 0.1) is 11.7 Å². The fourth-order valence-corrected chi connectivity index (χ4v) is 3.27. The second-order valence-electron chi connectivity index (χ2n) is 4.68. The third-order valence-electron chi connectivity index (χ3n) is 3.75. The first kappa shape index (κ1) is 12.0. The van der Waals surface area contributed by atoms with Crippen molar-refractivity contribution >= 4 is 11.5 Å². The van der Waals surface area contributed by atoms with Crippen molar-refractivity contribution in [1.29, 1.82) is 0 Å². The number of aromatic nitrogens is 2. The lowest BCUT2D eigenvalue weighted by molar-refractivity contribution is 0.207. The van der Waals surface area contributed by atoms with Crippen molar-refractivity contribution in [2.75, 3.05) is 0 Å². The fourth-order valence-electron chi connectivity index (χ4n) is 2.78. The van der Waals surface area contributed by atoms with Crippen molar-refractivity contribution in [1.82, 2.24) is 15.0 Å². The highest BCUT2D eigenvalue weighted by molar-refractivity contribution is 7.03. The Hall–Kier alpha value is -0.520. The van der Waals surface area contributed by atoms with Gasteiger partial charge < -0.3 is 0 Å². The van der Waals surface area contributed by atoms with Crippen molar-refractivity contribution < 1.29 is 0 Å². The number of hydrogen-bond donors (Lipinski definition) is 2. The van der Waals surface area contributed by atoms with Gasteiger partial charge in [0, 0.05) is 5.38 Å². The van der Waals surface area contributed by atoms with Crippen molar-refractivity contribution in [3.8, 4) is 0 Å². The van der Waals surface area contributed by atoms with E-state index >= 15 is 0 Å². The van der Waals surface area contributed by atoms with Crippen molar-refractivity contribution in [2.45, 2.75) is 45.1 Å². The van der Waals surface area contributed by atoms with E-state index in [9.17, 15) is 0 Å². The van der Waals surface area contributed by atoms with E-state index in [0.717, 1.165) is 11.6 Å². The van der Waals surface area contributed by atoms with Crippen LogP contribution in [0.25, 0.3) is 0 Å². The minimum absolute atomic E-state index is 0.188. The Morgan fingerprint density at radius 2 is 2.50 bits per heavy atom. The van der Waals surface area contributed by atoms with E-state index in [1.165, 1.54) is 43.6 Å². The predicted molar refractivity (Wildman–Crippen MR) is 65.7 cm³/mol. The summed E-state index contributed by atoms with van der Waals surface area (Å²) in [5.74, 6) is 7.15. The molecule has 0 aromatic carbocycles. The highest BCUT2D eigenvalue weighted by Crippen LogP contribution is 2.37. The van der Waals surface area contributed by atoms with Crippen molar-refractivity contribution in [2.24, 2.45) is 17.7 Å². The van der Waals surface area contributed by atoms with Crippen LogP contribution in [0.4, 0.5) is 0 Å². The third-order valence-corrected chi connectivity index (χ3v) is 4.27. The standard InChI is InChI=1S/C11H20N4S/c1-2-8-4-3-5-9(6-8)11(13-12)10-7-16-15-14-10/h7-9,11,13H,2-6,12H2,1H3. The second-order valence-corrected chi connectivity index (χ2v) is 5.28. The lowest BCUT2D eigenvalue weighted by atomic mass is 9.76. The van der Waals surface area contributed by atoms with Gasteiger partial charge in [-0.3, -0.25) is 11.3 Å². The zero-order chi connectivity index (χ0) is 11.4. The third kappa shape index (κ3) is 2.59. The highest BCUT2D eigenvalue weighted by atomic mass is 32.1. The minimum atomic E-state index is 0.188. The maximum Gasteiger partial charge on any atom is 0.0941 e. The second kappa shape index (κ2) is 5.70. The normalized spacial score (nSPS) is 27.9. The Kier molecular flexibility index (Phi) is 4.26. The van der Waals surface area contributed by atoms with E-state index in [2.05, 4.69) is 21.9 Å². The molecule has 1 aliphatic carbocycles. The number of hydrogen-bond acceptors (Lipinski definition) is 5. The van der Waals surface area contributed by atoms with Gasteiger partial charge >= 0.3 is 0 Å². The molecule has 3 N–H and O–H groups in total. The molecule has 0 bridgehead atoms. The molecule has 0 radical (unpaired) electrons. The van der Waals surface area contributed by atoms with E-state index in [0.29, 0.717) is 5.92 Å². The maximum atomic E-state index is 5.67. The molecule has 16 heavy (non-hydrogen) atoms. The smallest absolute Gasteiger partial charge is 0.0941 e. The summed E-state index contributed by atoms with van der Waals surface area (Å²) < 4.78 is 3.92. The molecular weight excluding hydrogens is 220 g/mol. The topological polar surface area (TPSA) is 63.8 Å². The molecule has 3 atom stereocenters. The minimum Gasteiger partial charge on any atom is -0.271 e. The molecule has 1 fully saturated rings. The van der Waals surface area contributed by atoms with Gasteiger partial charge in [0.2, 0.25) is 0 Å². The highest BCUT2D eigenvalue weighted by Gasteiger charge is 2.29. The van der Waals surface area contributed by atoms with Gasteiger partial charge in [-0.15, -0.1) is 5.10 Å². The van der Waals surface area contributed by atoms with Gasteiger partial charge in [-0.25, -0.2) is 0 Å². The molecular formula is C11H20N4S. The molecule has 2 rings (SSSR count). The predicted octanol–water partition coefficient (Wildman–Crippen LogP) is 2.26. The maximum absolute atomic E-state index is 5.67. The van der Waals surface area contributed by atoms with Crippen LogP contribution in [0.15, 0.2) is 5.38 Å². The van der Waals surface area contributed by atoms with Crippen LogP contribution in [0, 0.1) is 11.8 Å². The monoisotopic (exact) mass is 240 g/mol. The number of nitrogens with zero attached hydrogens (tertiary/aromatic N) is 2. The zero-order valence-electron chi connectivity index (χ0n) is 9.72. The summed E-state index contributed by atoms with van der Waals surface area (Å²) in [5, 5.41) is 6.14. The molecule has 3 unspecified atom stereocenters. The summed E-state index contributed by atoms with van der Waals surface area (Å²) in [6.45, 7) is 2.28.